The lowest BCUT2D eigenvalue weighted by atomic mass is 10.2. The number of anilines is 4. The first-order valence-corrected chi connectivity index (χ1v) is 8.67. The molecule has 0 radical (unpaired) electrons. The highest BCUT2D eigenvalue weighted by Crippen LogP contribution is 2.34. The van der Waals surface area contributed by atoms with E-state index in [1.54, 1.807) is 43.6 Å². The molecule has 0 unspecified atom stereocenters. The largest absolute Gasteiger partial charge is 0.497 e. The third-order valence-corrected chi connectivity index (χ3v) is 4.26. The number of aromatic nitrogens is 3. The van der Waals surface area contributed by atoms with Crippen LogP contribution in [0.1, 0.15) is 0 Å². The van der Waals surface area contributed by atoms with Gasteiger partial charge in [0, 0.05) is 23.0 Å². The number of pyridine rings is 1. The molecule has 4 rings (SSSR count). The van der Waals surface area contributed by atoms with Crippen LogP contribution in [0.5, 0.6) is 5.75 Å². The van der Waals surface area contributed by atoms with Gasteiger partial charge in [-0.15, -0.1) is 0 Å². The topological polar surface area (TPSA) is 115 Å². The number of nitro groups is 1. The molecule has 0 saturated carbocycles. The summed E-state index contributed by atoms with van der Waals surface area (Å²) in [5, 5.41) is 18.6. The zero-order valence-electron chi connectivity index (χ0n) is 15.4. The summed E-state index contributed by atoms with van der Waals surface area (Å²) in [6, 6.07) is 16.2. The van der Waals surface area contributed by atoms with Gasteiger partial charge < -0.3 is 15.4 Å². The van der Waals surface area contributed by atoms with Crippen LogP contribution in [0.2, 0.25) is 0 Å². The number of ether oxygens (including phenoxy) is 1. The van der Waals surface area contributed by atoms with E-state index in [2.05, 4.69) is 25.6 Å². The fraction of sp³-hybridized carbons (Fsp3) is 0.0500. The Morgan fingerprint density at radius 3 is 2.41 bits per heavy atom. The van der Waals surface area contributed by atoms with Gasteiger partial charge in [0.2, 0.25) is 11.6 Å². The Hall–Kier alpha value is -4.27. The molecule has 0 atom stereocenters. The monoisotopic (exact) mass is 388 g/mol. The molecule has 2 aromatic heterocycles. The van der Waals surface area contributed by atoms with Crippen molar-refractivity contribution in [2.45, 2.75) is 0 Å². The van der Waals surface area contributed by atoms with Crippen molar-refractivity contribution in [3.8, 4) is 5.75 Å². The Labute approximate surface area is 165 Å². The van der Waals surface area contributed by atoms with Gasteiger partial charge >= 0.3 is 5.69 Å². The van der Waals surface area contributed by atoms with Gasteiger partial charge in [-0.25, -0.2) is 9.97 Å². The highest BCUT2D eigenvalue weighted by Gasteiger charge is 2.23. The van der Waals surface area contributed by atoms with Crippen molar-refractivity contribution in [1.82, 2.24) is 15.0 Å². The van der Waals surface area contributed by atoms with Crippen molar-refractivity contribution in [2.24, 2.45) is 0 Å². The van der Waals surface area contributed by atoms with E-state index in [1.807, 2.05) is 24.3 Å². The van der Waals surface area contributed by atoms with E-state index in [9.17, 15) is 10.1 Å². The molecule has 0 aliphatic heterocycles. The number of hydrogen-bond donors (Lipinski definition) is 2. The second-order valence-electron chi connectivity index (χ2n) is 6.03. The van der Waals surface area contributed by atoms with Crippen LogP contribution in [-0.4, -0.2) is 27.0 Å². The molecule has 4 aromatic rings. The van der Waals surface area contributed by atoms with E-state index in [-0.39, 0.29) is 17.3 Å². The normalized spacial score (nSPS) is 10.5. The first-order chi connectivity index (χ1) is 14.2. The highest BCUT2D eigenvalue weighted by atomic mass is 16.6. The molecule has 0 aliphatic carbocycles. The third-order valence-electron chi connectivity index (χ3n) is 4.26. The third kappa shape index (κ3) is 3.74. The Morgan fingerprint density at radius 1 is 0.931 bits per heavy atom. The lowest BCUT2D eigenvalue weighted by Crippen LogP contribution is -2.05. The number of fused-ring (bicyclic) bond motifs is 1. The van der Waals surface area contributed by atoms with Gasteiger partial charge in [-0.3, -0.25) is 15.1 Å². The smallest absolute Gasteiger partial charge is 0.353 e. The van der Waals surface area contributed by atoms with Crippen LogP contribution >= 0.6 is 0 Å². The molecule has 2 heterocycles. The maximum absolute atomic E-state index is 11.8. The molecule has 9 nitrogen and oxygen atoms in total. The molecule has 2 aromatic carbocycles. The van der Waals surface area contributed by atoms with E-state index in [1.165, 1.54) is 6.33 Å². The van der Waals surface area contributed by atoms with Gasteiger partial charge in [0.15, 0.2) is 0 Å². The minimum atomic E-state index is -0.516. The second-order valence-corrected chi connectivity index (χ2v) is 6.03. The van der Waals surface area contributed by atoms with Gasteiger partial charge in [-0.1, -0.05) is 6.07 Å². The second kappa shape index (κ2) is 7.77. The van der Waals surface area contributed by atoms with E-state index in [4.69, 9.17) is 4.74 Å². The molecule has 0 saturated heterocycles. The van der Waals surface area contributed by atoms with Crippen LogP contribution in [0.4, 0.5) is 28.7 Å². The lowest BCUT2D eigenvalue weighted by Gasteiger charge is -2.11. The highest BCUT2D eigenvalue weighted by molar-refractivity contribution is 5.93. The summed E-state index contributed by atoms with van der Waals surface area (Å²) >= 11 is 0. The number of hydrogen-bond acceptors (Lipinski definition) is 8. The van der Waals surface area contributed by atoms with Crippen LogP contribution in [0.15, 0.2) is 67.1 Å². The van der Waals surface area contributed by atoms with Crippen LogP contribution in [0.25, 0.3) is 10.9 Å². The minimum absolute atomic E-state index is 0.0797. The van der Waals surface area contributed by atoms with E-state index < -0.39 is 4.92 Å². The molecule has 0 aliphatic rings. The molecular formula is C20H16N6O3. The number of methoxy groups -OCH3 is 1. The lowest BCUT2D eigenvalue weighted by molar-refractivity contribution is -0.383. The van der Waals surface area contributed by atoms with Crippen molar-refractivity contribution < 1.29 is 9.66 Å². The van der Waals surface area contributed by atoms with Crippen LogP contribution in [-0.2, 0) is 0 Å². The summed E-state index contributed by atoms with van der Waals surface area (Å²) in [4.78, 5) is 23.7. The predicted octanol–water partition coefficient (Wildman–Crippen LogP) is 4.43. The van der Waals surface area contributed by atoms with E-state index in [0.717, 1.165) is 10.9 Å². The van der Waals surface area contributed by atoms with Crippen molar-refractivity contribution in [2.75, 3.05) is 17.7 Å². The average molecular weight is 388 g/mol. The Morgan fingerprint density at radius 2 is 1.69 bits per heavy atom. The molecule has 0 bridgehead atoms. The number of nitrogens with zero attached hydrogens (tertiary/aromatic N) is 4. The Bertz CT molecular complexity index is 1180. The van der Waals surface area contributed by atoms with Gasteiger partial charge in [-0.2, -0.15) is 0 Å². The van der Waals surface area contributed by atoms with Crippen molar-refractivity contribution in [3.05, 3.63) is 77.2 Å². The quantitative estimate of drug-likeness (QED) is 0.368. The fourth-order valence-electron chi connectivity index (χ4n) is 2.89. The van der Waals surface area contributed by atoms with E-state index >= 15 is 0 Å². The first kappa shape index (κ1) is 18.1. The summed E-state index contributed by atoms with van der Waals surface area (Å²) < 4.78 is 5.13. The molecule has 0 amide bonds. The summed E-state index contributed by atoms with van der Waals surface area (Å²) in [5.41, 5.74) is 1.80. The SMILES string of the molecule is COc1ccc(Nc2ncnc(Nc3cccc4ncccc34)c2[N+](=O)[O-])cc1. The number of rotatable bonds is 6. The number of benzene rings is 2. The van der Waals surface area contributed by atoms with Crippen molar-refractivity contribution in [3.63, 3.8) is 0 Å². The number of nitrogens with one attached hydrogen (secondary N) is 2. The first-order valence-electron chi connectivity index (χ1n) is 8.67. The predicted molar refractivity (Wildman–Crippen MR) is 110 cm³/mol. The van der Waals surface area contributed by atoms with Gasteiger partial charge in [-0.05, 0) is 48.5 Å². The van der Waals surface area contributed by atoms with Gasteiger partial charge in [0.25, 0.3) is 0 Å². The minimum Gasteiger partial charge on any atom is -0.497 e. The van der Waals surface area contributed by atoms with Crippen LogP contribution < -0.4 is 15.4 Å². The van der Waals surface area contributed by atoms with Gasteiger partial charge in [0.1, 0.15) is 12.1 Å². The molecule has 0 spiro atoms. The van der Waals surface area contributed by atoms with Gasteiger partial charge in [0.05, 0.1) is 17.5 Å². The average Bonchev–Trinajstić information content (AvgIpc) is 2.74. The summed E-state index contributed by atoms with van der Waals surface area (Å²) in [5.74, 6) is 0.841. The Balaban J connectivity index is 1.72. The zero-order valence-corrected chi connectivity index (χ0v) is 15.4. The Kier molecular flexibility index (Phi) is 4.85. The van der Waals surface area contributed by atoms with Crippen LogP contribution in [0.3, 0.4) is 0 Å². The molecule has 29 heavy (non-hydrogen) atoms. The van der Waals surface area contributed by atoms with Crippen molar-refractivity contribution in [1.29, 1.82) is 0 Å². The van der Waals surface area contributed by atoms with E-state index in [0.29, 0.717) is 17.1 Å². The molecule has 0 fully saturated rings. The molecule has 144 valence electrons. The maximum atomic E-state index is 11.8. The van der Waals surface area contributed by atoms with Crippen LogP contribution in [0, 0.1) is 10.1 Å². The summed E-state index contributed by atoms with van der Waals surface area (Å²) in [6.07, 6.45) is 2.96. The fourth-order valence-corrected chi connectivity index (χ4v) is 2.89. The zero-order chi connectivity index (χ0) is 20.2. The maximum Gasteiger partial charge on any atom is 0.353 e. The molecular weight excluding hydrogens is 372 g/mol. The summed E-state index contributed by atoms with van der Waals surface area (Å²) in [7, 11) is 1.57. The summed E-state index contributed by atoms with van der Waals surface area (Å²) in [6.45, 7) is 0. The van der Waals surface area contributed by atoms with Crippen molar-refractivity contribution >= 4 is 39.6 Å². The molecule has 9 heteroatoms. The standard InChI is InChI=1S/C20H16N6O3/c1-29-14-9-7-13(8-10-14)24-19-18(26(27)28)20(23-12-22-19)25-17-6-2-5-16-15(17)4-3-11-21-16/h2-12H,1H3,(H2,22,23,24,25). The molecule has 2 N–H and O–H groups in total.